The highest BCUT2D eigenvalue weighted by molar-refractivity contribution is 6.14. The van der Waals surface area contributed by atoms with Gasteiger partial charge in [-0.05, 0) is 70.1 Å². The second kappa shape index (κ2) is 11.2. The Bertz CT molecular complexity index is 3190. The van der Waals surface area contributed by atoms with Crippen LogP contribution >= 0.6 is 0 Å². The summed E-state index contributed by atoms with van der Waals surface area (Å²) in [6, 6.07) is 59.3. The molecule has 0 amide bonds. The number of nitrogens with zero attached hydrogens (tertiary/aromatic N) is 4. The van der Waals surface area contributed by atoms with Gasteiger partial charge in [0.1, 0.15) is 11.2 Å². The predicted octanol–water partition coefficient (Wildman–Crippen LogP) is 12.2. The van der Waals surface area contributed by atoms with Gasteiger partial charge in [0.05, 0.1) is 16.6 Å². The lowest BCUT2D eigenvalue weighted by molar-refractivity contribution is 0.670. The minimum Gasteiger partial charge on any atom is -0.455 e. The number of rotatable bonds is 4. The van der Waals surface area contributed by atoms with E-state index in [-0.39, 0.29) is 0 Å². The average Bonchev–Trinajstić information content (AvgIpc) is 3.74. The molecule has 5 nitrogen and oxygen atoms in total. The number of hydrogen-bond donors (Lipinski definition) is 0. The summed E-state index contributed by atoms with van der Waals surface area (Å²) in [4.78, 5) is 15.3. The monoisotopic (exact) mass is 664 g/mol. The lowest BCUT2D eigenvalue weighted by Crippen LogP contribution is -2.01. The van der Waals surface area contributed by atoms with Crippen molar-refractivity contribution in [3.8, 4) is 39.9 Å². The molecule has 0 unspecified atom stereocenters. The summed E-state index contributed by atoms with van der Waals surface area (Å²) in [5.74, 6) is 1.76. The molecule has 8 aromatic carbocycles. The first kappa shape index (κ1) is 28.7. The third-order valence-corrected chi connectivity index (χ3v) is 10.2. The molecule has 0 fully saturated rings. The van der Waals surface area contributed by atoms with Crippen LogP contribution in [0.1, 0.15) is 0 Å². The molecule has 52 heavy (non-hydrogen) atoms. The quantitative estimate of drug-likeness (QED) is 0.188. The fourth-order valence-corrected chi connectivity index (χ4v) is 7.72. The first-order valence-electron chi connectivity index (χ1n) is 17.4. The fourth-order valence-electron chi connectivity index (χ4n) is 7.72. The van der Waals surface area contributed by atoms with Crippen LogP contribution in [0.4, 0.5) is 0 Å². The molecule has 242 valence electrons. The molecular weight excluding hydrogens is 637 g/mol. The van der Waals surface area contributed by atoms with Crippen molar-refractivity contribution in [3.05, 3.63) is 170 Å². The Morgan fingerprint density at radius 1 is 0.385 bits per heavy atom. The van der Waals surface area contributed by atoms with Gasteiger partial charge in [-0.15, -0.1) is 0 Å². The van der Waals surface area contributed by atoms with Crippen molar-refractivity contribution >= 4 is 65.3 Å². The molecule has 0 aliphatic rings. The van der Waals surface area contributed by atoms with Crippen LogP contribution in [0.2, 0.25) is 0 Å². The molecule has 5 heteroatoms. The maximum absolute atomic E-state index is 6.61. The summed E-state index contributed by atoms with van der Waals surface area (Å²) < 4.78 is 8.96. The van der Waals surface area contributed by atoms with Crippen LogP contribution in [0, 0.1) is 0 Å². The van der Waals surface area contributed by atoms with E-state index in [1.54, 1.807) is 0 Å². The second-order valence-electron chi connectivity index (χ2n) is 13.3. The van der Waals surface area contributed by atoms with Crippen molar-refractivity contribution in [2.75, 3.05) is 0 Å². The van der Waals surface area contributed by atoms with Gasteiger partial charge in [-0.1, -0.05) is 121 Å². The lowest BCUT2D eigenvalue weighted by Gasteiger charge is -2.12. The molecule has 11 rings (SSSR count). The van der Waals surface area contributed by atoms with Gasteiger partial charge in [-0.2, -0.15) is 0 Å². The minimum atomic E-state index is 0.562. The predicted molar refractivity (Wildman–Crippen MR) is 213 cm³/mol. The molecule has 0 atom stereocenters. The number of fused-ring (bicyclic) bond motifs is 8. The third kappa shape index (κ3) is 4.46. The smallest absolute Gasteiger partial charge is 0.167 e. The molecule has 0 aliphatic heterocycles. The number of hydrogen-bond acceptors (Lipinski definition) is 4. The van der Waals surface area contributed by atoms with E-state index in [0.29, 0.717) is 17.5 Å². The summed E-state index contributed by atoms with van der Waals surface area (Å²) in [7, 11) is 0. The summed E-state index contributed by atoms with van der Waals surface area (Å²) in [5.41, 5.74) is 7.57. The van der Waals surface area contributed by atoms with Gasteiger partial charge in [0.25, 0.3) is 0 Å². The van der Waals surface area contributed by atoms with E-state index in [1.807, 2.05) is 36.4 Å². The van der Waals surface area contributed by atoms with Crippen LogP contribution in [0.25, 0.3) is 105 Å². The first-order valence-corrected chi connectivity index (χ1v) is 17.4. The van der Waals surface area contributed by atoms with Crippen LogP contribution in [0.5, 0.6) is 0 Å². The highest BCUT2D eigenvalue weighted by atomic mass is 16.3. The van der Waals surface area contributed by atoms with Crippen LogP contribution < -0.4 is 0 Å². The summed E-state index contributed by atoms with van der Waals surface area (Å²) in [5, 5.41) is 9.29. The van der Waals surface area contributed by atoms with E-state index < -0.39 is 0 Å². The van der Waals surface area contributed by atoms with E-state index in [1.165, 1.54) is 26.9 Å². The lowest BCUT2D eigenvalue weighted by atomic mass is 10.0. The molecule has 0 saturated heterocycles. The highest BCUT2D eigenvalue weighted by Crippen LogP contribution is 2.39. The highest BCUT2D eigenvalue weighted by Gasteiger charge is 2.19. The van der Waals surface area contributed by atoms with Crippen molar-refractivity contribution in [3.63, 3.8) is 0 Å². The Morgan fingerprint density at radius 2 is 0.981 bits per heavy atom. The van der Waals surface area contributed by atoms with Gasteiger partial charge in [0.15, 0.2) is 17.5 Å². The van der Waals surface area contributed by atoms with Crippen LogP contribution in [0.15, 0.2) is 174 Å². The summed E-state index contributed by atoms with van der Waals surface area (Å²) in [6.07, 6.45) is 0. The average molecular weight is 665 g/mol. The van der Waals surface area contributed by atoms with Crippen LogP contribution in [0.3, 0.4) is 0 Å². The number of para-hydroxylation sites is 2. The Morgan fingerprint density at radius 3 is 1.79 bits per heavy atom. The van der Waals surface area contributed by atoms with Crippen molar-refractivity contribution in [2.45, 2.75) is 0 Å². The second-order valence-corrected chi connectivity index (χ2v) is 13.3. The molecule has 0 bridgehead atoms. The molecule has 11 aromatic rings. The van der Waals surface area contributed by atoms with Gasteiger partial charge >= 0.3 is 0 Å². The number of benzene rings is 8. The third-order valence-electron chi connectivity index (χ3n) is 10.2. The maximum atomic E-state index is 6.61. The summed E-state index contributed by atoms with van der Waals surface area (Å²) in [6.45, 7) is 0. The molecule has 0 radical (unpaired) electrons. The largest absolute Gasteiger partial charge is 0.455 e. The van der Waals surface area contributed by atoms with E-state index in [9.17, 15) is 0 Å². The fraction of sp³-hybridized carbons (Fsp3) is 0. The van der Waals surface area contributed by atoms with E-state index in [2.05, 4.69) is 138 Å². The Hall–Kier alpha value is -7.11. The van der Waals surface area contributed by atoms with Gasteiger partial charge in [-0.3, -0.25) is 0 Å². The topological polar surface area (TPSA) is 56.7 Å². The van der Waals surface area contributed by atoms with Crippen LogP contribution in [-0.2, 0) is 0 Å². The number of furan rings is 1. The zero-order valence-electron chi connectivity index (χ0n) is 27.9. The zero-order chi connectivity index (χ0) is 34.2. The zero-order valence-corrected chi connectivity index (χ0v) is 27.9. The van der Waals surface area contributed by atoms with Gasteiger partial charge in [0, 0.05) is 38.4 Å². The maximum Gasteiger partial charge on any atom is 0.167 e. The number of aromatic nitrogens is 4. The van der Waals surface area contributed by atoms with Gasteiger partial charge < -0.3 is 8.98 Å². The van der Waals surface area contributed by atoms with Crippen molar-refractivity contribution in [1.82, 2.24) is 19.5 Å². The van der Waals surface area contributed by atoms with E-state index in [0.717, 1.165) is 60.7 Å². The van der Waals surface area contributed by atoms with Crippen LogP contribution in [-0.4, -0.2) is 19.5 Å². The normalized spacial score (nSPS) is 11.8. The Kier molecular flexibility index (Phi) is 6.18. The van der Waals surface area contributed by atoms with Gasteiger partial charge in [-0.25, -0.2) is 15.0 Å². The van der Waals surface area contributed by atoms with Crippen molar-refractivity contribution in [1.29, 1.82) is 0 Å². The van der Waals surface area contributed by atoms with Crippen molar-refractivity contribution in [2.24, 2.45) is 0 Å². The van der Waals surface area contributed by atoms with E-state index >= 15 is 0 Å². The van der Waals surface area contributed by atoms with Crippen molar-refractivity contribution < 1.29 is 4.42 Å². The molecule has 0 spiro atoms. The summed E-state index contributed by atoms with van der Waals surface area (Å²) >= 11 is 0. The molecule has 0 saturated carbocycles. The molecule has 0 N–H and O–H groups in total. The Labute approximate surface area is 298 Å². The molecule has 0 aliphatic carbocycles. The van der Waals surface area contributed by atoms with Gasteiger partial charge in [0.2, 0.25) is 0 Å². The molecular formula is C47H28N4O. The SMILES string of the molecule is c1ccc(-c2nc(-c3cccc(-n4c5ccccc5c5cc6ccccc6cc54)c3)nc(-c3cccc4c3oc3cc5ccccc5cc34)n2)cc1. The van der Waals surface area contributed by atoms with E-state index in [4.69, 9.17) is 19.4 Å². The standard InChI is InChI=1S/C47H28N4O/c1-2-12-29(13-3-1)45-48-46(50-47(49-45)38-22-11-21-37-40-26-31-15-5-7-17-33(31)28-43(40)52-44(37)38)34-18-10-19-35(24-34)51-41-23-9-8-20-36(41)39-25-30-14-4-6-16-32(30)27-42(39)51/h1-28H. The minimum absolute atomic E-state index is 0.562. The Balaban J connectivity index is 1.13. The molecule has 3 heterocycles. The first-order chi connectivity index (χ1) is 25.7. The molecule has 3 aromatic heterocycles.